The van der Waals surface area contributed by atoms with Crippen LogP contribution in [0.3, 0.4) is 0 Å². The van der Waals surface area contributed by atoms with Gasteiger partial charge in [0.25, 0.3) is 0 Å². The standard InChI is InChI=1S/C48H32N2/c1-3-12-33(13-4-1)35-22-26-37(27-23-35)46-32-47(50-48(49-46)38-28-24-36(25-29-38)34-14-5-2-6-15-34)41-18-11-17-39(30-41)45-31-40-16-7-8-19-42(40)43-20-9-10-21-44(43)45/h1-32H. The summed E-state index contributed by atoms with van der Waals surface area (Å²) in [6.07, 6.45) is 0. The molecule has 0 aliphatic rings. The number of aromatic nitrogens is 2. The minimum Gasteiger partial charge on any atom is -0.228 e. The summed E-state index contributed by atoms with van der Waals surface area (Å²) >= 11 is 0. The molecular formula is C48H32N2. The van der Waals surface area contributed by atoms with Crippen molar-refractivity contribution >= 4 is 21.5 Å². The predicted molar refractivity (Wildman–Crippen MR) is 210 cm³/mol. The molecule has 0 bridgehead atoms. The highest BCUT2D eigenvalue weighted by molar-refractivity contribution is 6.13. The molecule has 2 heteroatoms. The van der Waals surface area contributed by atoms with E-state index in [4.69, 9.17) is 9.97 Å². The lowest BCUT2D eigenvalue weighted by Crippen LogP contribution is -1.96. The largest absolute Gasteiger partial charge is 0.228 e. The fraction of sp³-hybridized carbons (Fsp3) is 0. The van der Waals surface area contributed by atoms with Gasteiger partial charge in [-0.25, -0.2) is 9.97 Å². The Morgan fingerprint density at radius 2 is 0.720 bits per heavy atom. The normalized spacial score (nSPS) is 11.2. The molecule has 9 aromatic rings. The van der Waals surface area contributed by atoms with Crippen molar-refractivity contribution in [2.75, 3.05) is 0 Å². The first-order chi connectivity index (χ1) is 24.8. The molecule has 0 aliphatic heterocycles. The number of hydrogen-bond donors (Lipinski definition) is 0. The molecule has 9 rings (SSSR count). The van der Waals surface area contributed by atoms with Crippen LogP contribution >= 0.6 is 0 Å². The zero-order valence-electron chi connectivity index (χ0n) is 27.4. The van der Waals surface area contributed by atoms with Crippen LogP contribution in [-0.4, -0.2) is 9.97 Å². The first-order valence-corrected chi connectivity index (χ1v) is 17.0. The van der Waals surface area contributed by atoms with Crippen molar-refractivity contribution in [2.24, 2.45) is 0 Å². The van der Waals surface area contributed by atoms with Gasteiger partial charge in [0.1, 0.15) is 0 Å². The minimum atomic E-state index is 0.700. The molecule has 0 unspecified atom stereocenters. The van der Waals surface area contributed by atoms with E-state index in [0.29, 0.717) is 5.82 Å². The van der Waals surface area contributed by atoms with Gasteiger partial charge in [-0.3, -0.25) is 0 Å². The van der Waals surface area contributed by atoms with Gasteiger partial charge in [0, 0.05) is 16.7 Å². The van der Waals surface area contributed by atoms with Crippen molar-refractivity contribution in [1.29, 1.82) is 0 Å². The highest BCUT2D eigenvalue weighted by Crippen LogP contribution is 2.37. The van der Waals surface area contributed by atoms with E-state index in [0.717, 1.165) is 39.2 Å². The third-order valence-electron chi connectivity index (χ3n) is 9.50. The van der Waals surface area contributed by atoms with Crippen LogP contribution < -0.4 is 0 Å². The fourth-order valence-electron chi connectivity index (χ4n) is 6.92. The van der Waals surface area contributed by atoms with Crippen LogP contribution in [0.15, 0.2) is 194 Å². The second-order valence-electron chi connectivity index (χ2n) is 12.6. The van der Waals surface area contributed by atoms with Gasteiger partial charge in [0.2, 0.25) is 0 Å². The zero-order valence-corrected chi connectivity index (χ0v) is 27.4. The molecule has 0 saturated heterocycles. The van der Waals surface area contributed by atoms with Gasteiger partial charge in [0.05, 0.1) is 11.4 Å². The smallest absolute Gasteiger partial charge is 0.160 e. The van der Waals surface area contributed by atoms with Gasteiger partial charge < -0.3 is 0 Å². The molecule has 0 spiro atoms. The molecule has 1 heterocycles. The highest BCUT2D eigenvalue weighted by atomic mass is 14.9. The van der Waals surface area contributed by atoms with Crippen LogP contribution in [0.25, 0.3) is 88.8 Å². The Hall–Kier alpha value is -6.64. The molecule has 0 radical (unpaired) electrons. The van der Waals surface area contributed by atoms with Crippen LogP contribution in [-0.2, 0) is 0 Å². The van der Waals surface area contributed by atoms with Crippen molar-refractivity contribution in [3.63, 3.8) is 0 Å². The van der Waals surface area contributed by atoms with Crippen LogP contribution in [0.5, 0.6) is 0 Å². The summed E-state index contributed by atoms with van der Waals surface area (Å²) in [5.74, 6) is 0.700. The maximum absolute atomic E-state index is 5.20. The Balaban J connectivity index is 1.17. The number of nitrogens with zero attached hydrogens (tertiary/aromatic N) is 2. The Morgan fingerprint density at radius 3 is 1.38 bits per heavy atom. The molecule has 0 amide bonds. The van der Waals surface area contributed by atoms with Gasteiger partial charge >= 0.3 is 0 Å². The average molecular weight is 637 g/mol. The molecule has 0 N–H and O–H groups in total. The maximum Gasteiger partial charge on any atom is 0.160 e. The molecule has 2 nitrogen and oxygen atoms in total. The number of hydrogen-bond acceptors (Lipinski definition) is 2. The van der Waals surface area contributed by atoms with Crippen molar-refractivity contribution < 1.29 is 0 Å². The lowest BCUT2D eigenvalue weighted by atomic mass is 9.92. The van der Waals surface area contributed by atoms with Gasteiger partial charge in [-0.05, 0) is 73.1 Å². The van der Waals surface area contributed by atoms with Crippen molar-refractivity contribution in [2.45, 2.75) is 0 Å². The minimum absolute atomic E-state index is 0.700. The van der Waals surface area contributed by atoms with E-state index in [1.807, 2.05) is 12.1 Å². The summed E-state index contributed by atoms with van der Waals surface area (Å²) in [7, 11) is 0. The first-order valence-electron chi connectivity index (χ1n) is 17.0. The quantitative estimate of drug-likeness (QED) is 0.170. The summed E-state index contributed by atoms with van der Waals surface area (Å²) in [5.41, 5.74) is 11.9. The summed E-state index contributed by atoms with van der Waals surface area (Å²) in [4.78, 5) is 10.4. The number of rotatable bonds is 6. The number of benzene rings is 8. The first kappa shape index (κ1) is 29.5. The topological polar surface area (TPSA) is 25.8 Å². The third kappa shape index (κ3) is 5.63. The highest BCUT2D eigenvalue weighted by Gasteiger charge is 2.14. The van der Waals surface area contributed by atoms with Gasteiger partial charge in [0.15, 0.2) is 5.82 Å². The van der Waals surface area contributed by atoms with Crippen molar-refractivity contribution in [3.8, 4) is 67.3 Å². The molecule has 0 atom stereocenters. The number of fused-ring (bicyclic) bond motifs is 3. The van der Waals surface area contributed by atoms with Crippen LogP contribution in [0, 0.1) is 0 Å². The molecule has 0 fully saturated rings. The van der Waals surface area contributed by atoms with Crippen LogP contribution in [0.1, 0.15) is 0 Å². The molecular weight excluding hydrogens is 605 g/mol. The Morgan fingerprint density at radius 1 is 0.260 bits per heavy atom. The van der Waals surface area contributed by atoms with Crippen molar-refractivity contribution in [1.82, 2.24) is 9.97 Å². The van der Waals surface area contributed by atoms with E-state index in [-0.39, 0.29) is 0 Å². The molecule has 234 valence electrons. The monoisotopic (exact) mass is 636 g/mol. The fourth-order valence-corrected chi connectivity index (χ4v) is 6.92. The van der Waals surface area contributed by atoms with E-state index < -0.39 is 0 Å². The van der Waals surface area contributed by atoms with E-state index >= 15 is 0 Å². The predicted octanol–water partition coefficient (Wildman–Crippen LogP) is 12.8. The van der Waals surface area contributed by atoms with E-state index in [1.54, 1.807) is 0 Å². The molecule has 0 saturated carbocycles. The summed E-state index contributed by atoms with van der Waals surface area (Å²) in [6, 6.07) is 68.7. The summed E-state index contributed by atoms with van der Waals surface area (Å²) in [5, 5.41) is 5.00. The SMILES string of the molecule is c1ccc(-c2ccc(-c3cc(-c4cccc(-c5cc6ccccc6c6ccccc56)c4)nc(-c4ccc(-c5ccccc5)cc4)n3)cc2)cc1. The van der Waals surface area contributed by atoms with E-state index in [1.165, 1.54) is 43.8 Å². The Bertz CT molecular complexity index is 2510. The lowest BCUT2D eigenvalue weighted by molar-refractivity contribution is 1.18. The second kappa shape index (κ2) is 12.8. The maximum atomic E-state index is 5.20. The summed E-state index contributed by atoms with van der Waals surface area (Å²) < 4.78 is 0. The van der Waals surface area contributed by atoms with Crippen molar-refractivity contribution in [3.05, 3.63) is 194 Å². The van der Waals surface area contributed by atoms with E-state index in [2.05, 4.69) is 182 Å². The Labute approximate surface area is 292 Å². The molecule has 8 aromatic carbocycles. The molecule has 50 heavy (non-hydrogen) atoms. The average Bonchev–Trinajstić information content (AvgIpc) is 3.21. The molecule has 0 aliphatic carbocycles. The van der Waals surface area contributed by atoms with Gasteiger partial charge in [-0.2, -0.15) is 0 Å². The van der Waals surface area contributed by atoms with Crippen LogP contribution in [0.2, 0.25) is 0 Å². The Kier molecular flexibility index (Phi) is 7.53. The van der Waals surface area contributed by atoms with Gasteiger partial charge in [-0.1, -0.05) is 176 Å². The van der Waals surface area contributed by atoms with Crippen LogP contribution in [0.4, 0.5) is 0 Å². The third-order valence-corrected chi connectivity index (χ3v) is 9.50. The molecule has 1 aromatic heterocycles. The zero-order chi connectivity index (χ0) is 33.3. The lowest BCUT2D eigenvalue weighted by Gasteiger charge is -2.13. The second-order valence-corrected chi connectivity index (χ2v) is 12.6. The van der Waals surface area contributed by atoms with Gasteiger partial charge in [-0.15, -0.1) is 0 Å². The van der Waals surface area contributed by atoms with E-state index in [9.17, 15) is 0 Å². The summed E-state index contributed by atoms with van der Waals surface area (Å²) in [6.45, 7) is 0.